The number of rotatable bonds is 9. The van der Waals surface area contributed by atoms with Gasteiger partial charge in [0.1, 0.15) is 24.4 Å². The molecule has 2 aliphatic heterocycles. The van der Waals surface area contributed by atoms with Crippen molar-refractivity contribution in [2.45, 2.75) is 52.6 Å². The second-order valence-electron chi connectivity index (χ2n) is 10.7. The molecule has 0 spiro atoms. The molecule has 1 amide bonds. The number of nitrogens with zero attached hydrogens (tertiary/aromatic N) is 3. The van der Waals surface area contributed by atoms with Crippen LogP contribution in [0.25, 0.3) is 0 Å². The van der Waals surface area contributed by atoms with Crippen LogP contribution in [0.3, 0.4) is 0 Å². The summed E-state index contributed by atoms with van der Waals surface area (Å²) in [5, 5.41) is 31.9. The maximum Gasteiger partial charge on any atom is 0.508 e. The summed E-state index contributed by atoms with van der Waals surface area (Å²) in [7, 11) is 0. The fraction of sp³-hybridized carbons (Fsp3) is 0.370. The number of hydrogen-bond donors (Lipinski definition) is 1. The van der Waals surface area contributed by atoms with Crippen LogP contribution in [-0.2, 0) is 36.8 Å². The van der Waals surface area contributed by atoms with E-state index in [1.807, 2.05) is 0 Å². The summed E-state index contributed by atoms with van der Waals surface area (Å²) in [4.78, 5) is 60.1. The Bertz CT molecular complexity index is 1440. The van der Waals surface area contributed by atoms with Crippen LogP contribution in [0.1, 0.15) is 38.8 Å². The van der Waals surface area contributed by atoms with Gasteiger partial charge in [0, 0.05) is 36.1 Å². The second-order valence-corrected chi connectivity index (χ2v) is 10.7. The maximum absolute atomic E-state index is 13.4. The Kier molecular flexibility index (Phi) is 7.44. The fourth-order valence-electron chi connectivity index (χ4n) is 4.96. The van der Waals surface area contributed by atoms with E-state index in [1.54, 1.807) is 20.8 Å². The third kappa shape index (κ3) is 5.40. The van der Waals surface area contributed by atoms with Gasteiger partial charge >= 0.3 is 12.1 Å². The van der Waals surface area contributed by atoms with Gasteiger partial charge in [-0.15, -0.1) is 0 Å². The van der Waals surface area contributed by atoms with E-state index < -0.39 is 51.0 Å². The SMILES string of the molecule is CC(OC(=O)OCc1ccc([N+](=O)[O-])cc1)C1C(=O)N2C(C(=O)O)=C(C(C)(C)C)OC12Cc1ccc([N+](=O)[O-])cc1. The Hall–Kier alpha value is -5.01. The highest BCUT2D eigenvalue weighted by Gasteiger charge is 2.71. The van der Waals surface area contributed by atoms with Gasteiger partial charge in [-0.25, -0.2) is 9.59 Å². The van der Waals surface area contributed by atoms with Crippen LogP contribution >= 0.6 is 0 Å². The van der Waals surface area contributed by atoms with Gasteiger partial charge in [-0.1, -0.05) is 32.9 Å². The number of amides is 1. The summed E-state index contributed by atoms with van der Waals surface area (Å²) in [5.41, 5.74) is -2.02. The Labute approximate surface area is 233 Å². The lowest BCUT2D eigenvalue weighted by atomic mass is 9.76. The lowest BCUT2D eigenvalue weighted by molar-refractivity contribution is -0.385. The molecule has 2 aromatic carbocycles. The highest BCUT2D eigenvalue weighted by atomic mass is 16.7. The largest absolute Gasteiger partial charge is 0.508 e. The molecule has 2 heterocycles. The van der Waals surface area contributed by atoms with E-state index in [4.69, 9.17) is 14.2 Å². The Balaban J connectivity index is 1.57. The maximum atomic E-state index is 13.4. The predicted molar refractivity (Wildman–Crippen MR) is 139 cm³/mol. The first-order valence-corrected chi connectivity index (χ1v) is 12.5. The van der Waals surface area contributed by atoms with Crippen molar-refractivity contribution in [3.63, 3.8) is 0 Å². The van der Waals surface area contributed by atoms with E-state index in [0.29, 0.717) is 11.1 Å². The summed E-state index contributed by atoms with van der Waals surface area (Å²) < 4.78 is 16.8. The molecule has 0 aromatic heterocycles. The normalized spacial score (nSPS) is 20.4. The van der Waals surface area contributed by atoms with Gasteiger partial charge in [0.2, 0.25) is 11.6 Å². The molecule has 1 saturated heterocycles. The van der Waals surface area contributed by atoms with Crippen LogP contribution in [0, 0.1) is 31.6 Å². The number of allylic oxidation sites excluding steroid dienone is 1. The van der Waals surface area contributed by atoms with Crippen molar-refractivity contribution in [3.05, 3.63) is 91.3 Å². The van der Waals surface area contributed by atoms with Crippen molar-refractivity contribution < 1.29 is 43.5 Å². The molecule has 2 aromatic rings. The summed E-state index contributed by atoms with van der Waals surface area (Å²) in [6, 6.07) is 10.9. The monoisotopic (exact) mass is 569 g/mol. The Morgan fingerprint density at radius 2 is 1.54 bits per heavy atom. The molecule has 14 nitrogen and oxygen atoms in total. The standard InChI is InChI=1S/C27H27N3O11/c1-15(40-25(34)39-14-17-7-11-19(12-8-17)30(37)38)20-23(31)28-21(24(32)33)22(26(2,3)4)41-27(20,28)13-16-5-9-18(10-6-16)29(35)36/h5-12,15,20H,13-14H2,1-4H3,(H,32,33). The molecule has 0 aliphatic carbocycles. The molecular weight excluding hydrogens is 542 g/mol. The topological polar surface area (TPSA) is 189 Å². The number of benzene rings is 2. The molecule has 4 rings (SSSR count). The van der Waals surface area contributed by atoms with E-state index in [2.05, 4.69) is 0 Å². The number of nitro groups is 2. The average Bonchev–Trinajstić information content (AvgIpc) is 3.19. The van der Waals surface area contributed by atoms with Crippen molar-refractivity contribution in [1.29, 1.82) is 0 Å². The molecule has 2 aliphatic rings. The zero-order valence-corrected chi connectivity index (χ0v) is 22.6. The lowest BCUT2D eigenvalue weighted by Crippen LogP contribution is -2.73. The number of carboxylic acid groups (broad SMARTS) is 1. The van der Waals surface area contributed by atoms with Crippen LogP contribution in [0.2, 0.25) is 0 Å². The first-order valence-electron chi connectivity index (χ1n) is 12.5. The van der Waals surface area contributed by atoms with Gasteiger partial charge in [0.05, 0.1) is 9.85 Å². The van der Waals surface area contributed by atoms with Gasteiger partial charge in [-0.05, 0) is 30.2 Å². The van der Waals surface area contributed by atoms with E-state index in [-0.39, 0.29) is 35.9 Å². The van der Waals surface area contributed by atoms with Crippen molar-refractivity contribution in [3.8, 4) is 0 Å². The summed E-state index contributed by atoms with van der Waals surface area (Å²) >= 11 is 0. The molecule has 1 fully saturated rings. The minimum absolute atomic E-state index is 0.0523. The third-order valence-electron chi connectivity index (χ3n) is 6.81. The number of fused-ring (bicyclic) bond motifs is 1. The predicted octanol–water partition coefficient (Wildman–Crippen LogP) is 4.31. The van der Waals surface area contributed by atoms with E-state index in [9.17, 15) is 39.7 Å². The molecule has 3 atom stereocenters. The minimum Gasteiger partial charge on any atom is -0.476 e. The first kappa shape index (κ1) is 29.0. The second kappa shape index (κ2) is 10.5. The summed E-state index contributed by atoms with van der Waals surface area (Å²) in [5.74, 6) is -3.09. The van der Waals surface area contributed by atoms with Gasteiger partial charge in [0.25, 0.3) is 11.4 Å². The number of carbonyl (C=O) groups excluding carboxylic acids is 2. The molecule has 0 radical (unpaired) electrons. The van der Waals surface area contributed by atoms with Crippen LogP contribution in [0.5, 0.6) is 0 Å². The number of carboxylic acids is 1. The van der Waals surface area contributed by atoms with Crippen molar-refractivity contribution in [2.75, 3.05) is 0 Å². The van der Waals surface area contributed by atoms with Crippen molar-refractivity contribution >= 4 is 29.4 Å². The molecule has 0 bridgehead atoms. The molecule has 41 heavy (non-hydrogen) atoms. The summed E-state index contributed by atoms with van der Waals surface area (Å²) in [6.45, 7) is 6.38. The van der Waals surface area contributed by atoms with Crippen molar-refractivity contribution in [2.24, 2.45) is 11.3 Å². The molecule has 216 valence electrons. The molecular formula is C27H27N3O11. The number of non-ortho nitro benzene ring substituents is 2. The van der Waals surface area contributed by atoms with Crippen LogP contribution in [0.4, 0.5) is 16.2 Å². The molecule has 1 N–H and O–H groups in total. The number of aliphatic carboxylic acids is 1. The Morgan fingerprint density at radius 3 is 2.00 bits per heavy atom. The first-order chi connectivity index (χ1) is 19.2. The van der Waals surface area contributed by atoms with E-state index in [1.165, 1.54) is 55.5 Å². The van der Waals surface area contributed by atoms with E-state index in [0.717, 1.165) is 4.90 Å². The van der Waals surface area contributed by atoms with Gasteiger partial charge in [-0.3, -0.25) is 29.9 Å². The quantitative estimate of drug-likeness (QED) is 0.196. The number of β-lactam (4-membered cyclic amide) rings is 1. The fourth-order valence-corrected chi connectivity index (χ4v) is 4.96. The Morgan fingerprint density at radius 1 is 1.02 bits per heavy atom. The number of nitro benzene ring substituents is 2. The zero-order chi connectivity index (χ0) is 30.3. The lowest BCUT2D eigenvalue weighted by Gasteiger charge is -2.53. The van der Waals surface area contributed by atoms with Crippen LogP contribution in [-0.4, -0.2) is 49.7 Å². The number of carbonyl (C=O) groups is 3. The van der Waals surface area contributed by atoms with Crippen LogP contribution < -0.4 is 0 Å². The molecule has 14 heteroatoms. The van der Waals surface area contributed by atoms with Gasteiger partial charge in [-0.2, -0.15) is 0 Å². The highest BCUT2D eigenvalue weighted by Crippen LogP contribution is 2.55. The van der Waals surface area contributed by atoms with Crippen molar-refractivity contribution in [1.82, 2.24) is 4.90 Å². The summed E-state index contributed by atoms with van der Waals surface area (Å²) in [6.07, 6.45) is -2.30. The minimum atomic E-state index is -1.58. The highest BCUT2D eigenvalue weighted by molar-refractivity contribution is 6.00. The van der Waals surface area contributed by atoms with Gasteiger partial charge < -0.3 is 19.3 Å². The third-order valence-corrected chi connectivity index (χ3v) is 6.81. The number of hydrogen-bond acceptors (Lipinski definition) is 10. The molecule has 3 unspecified atom stereocenters. The number of ether oxygens (including phenoxy) is 3. The van der Waals surface area contributed by atoms with Crippen LogP contribution in [0.15, 0.2) is 60.0 Å². The van der Waals surface area contributed by atoms with Gasteiger partial charge in [0.15, 0.2) is 5.70 Å². The smallest absolute Gasteiger partial charge is 0.476 e. The van der Waals surface area contributed by atoms with E-state index >= 15 is 0 Å². The average molecular weight is 570 g/mol. The zero-order valence-electron chi connectivity index (χ0n) is 22.6. The molecule has 0 saturated carbocycles.